The van der Waals surface area contributed by atoms with Crippen molar-refractivity contribution >= 4 is 34.2 Å². The SMILES string of the molecule is Cc1cccc(-c2ncc(I)c(Cl)n2)c1. The molecule has 2 aromatic rings. The first kappa shape index (κ1) is 10.8. The smallest absolute Gasteiger partial charge is 0.160 e. The van der Waals surface area contributed by atoms with Gasteiger partial charge in [0.05, 0.1) is 3.57 Å². The number of benzene rings is 1. The van der Waals surface area contributed by atoms with Crippen LogP contribution in [0.3, 0.4) is 0 Å². The molecule has 4 heteroatoms. The minimum absolute atomic E-state index is 0.502. The maximum atomic E-state index is 5.94. The molecule has 0 aliphatic carbocycles. The highest BCUT2D eigenvalue weighted by Gasteiger charge is 2.04. The number of aromatic nitrogens is 2. The summed E-state index contributed by atoms with van der Waals surface area (Å²) in [5.74, 6) is 0.670. The van der Waals surface area contributed by atoms with E-state index in [-0.39, 0.29) is 0 Å². The van der Waals surface area contributed by atoms with E-state index in [1.54, 1.807) is 6.20 Å². The van der Waals surface area contributed by atoms with Gasteiger partial charge in [-0.25, -0.2) is 9.97 Å². The van der Waals surface area contributed by atoms with Crippen LogP contribution in [0.2, 0.25) is 5.15 Å². The Bertz CT molecular complexity index is 500. The Labute approximate surface area is 107 Å². The molecule has 0 aliphatic heterocycles. The van der Waals surface area contributed by atoms with Crippen molar-refractivity contribution in [1.82, 2.24) is 9.97 Å². The molecule has 2 nitrogen and oxygen atoms in total. The fourth-order valence-electron chi connectivity index (χ4n) is 1.27. The van der Waals surface area contributed by atoms with E-state index in [1.165, 1.54) is 5.56 Å². The van der Waals surface area contributed by atoms with Gasteiger partial charge in [-0.2, -0.15) is 0 Å². The second-order valence-electron chi connectivity index (χ2n) is 3.20. The molecule has 1 aromatic heterocycles. The molecule has 76 valence electrons. The third-order valence-corrected chi connectivity index (χ3v) is 3.37. The summed E-state index contributed by atoms with van der Waals surface area (Å²) in [7, 11) is 0. The fourth-order valence-corrected chi connectivity index (χ4v) is 1.66. The predicted molar refractivity (Wildman–Crippen MR) is 69.9 cm³/mol. The molecule has 0 aliphatic rings. The highest BCUT2D eigenvalue weighted by molar-refractivity contribution is 14.1. The van der Waals surface area contributed by atoms with Gasteiger partial charge in [0.25, 0.3) is 0 Å². The third kappa shape index (κ3) is 2.46. The Morgan fingerprint density at radius 1 is 1.33 bits per heavy atom. The quantitative estimate of drug-likeness (QED) is 0.588. The molecule has 0 bridgehead atoms. The average Bonchev–Trinajstić information content (AvgIpc) is 2.22. The zero-order chi connectivity index (χ0) is 10.8. The lowest BCUT2D eigenvalue weighted by atomic mass is 10.1. The summed E-state index contributed by atoms with van der Waals surface area (Å²) < 4.78 is 0.866. The Morgan fingerprint density at radius 2 is 2.13 bits per heavy atom. The van der Waals surface area contributed by atoms with Gasteiger partial charge in [0, 0.05) is 11.8 Å². The largest absolute Gasteiger partial charge is 0.235 e. The molecule has 0 saturated heterocycles. The highest BCUT2D eigenvalue weighted by Crippen LogP contribution is 2.20. The van der Waals surface area contributed by atoms with E-state index in [9.17, 15) is 0 Å². The van der Waals surface area contributed by atoms with E-state index >= 15 is 0 Å². The van der Waals surface area contributed by atoms with E-state index < -0.39 is 0 Å². The van der Waals surface area contributed by atoms with Gasteiger partial charge in [-0.3, -0.25) is 0 Å². The van der Waals surface area contributed by atoms with Crippen molar-refractivity contribution in [3.05, 3.63) is 44.7 Å². The van der Waals surface area contributed by atoms with E-state index in [0.29, 0.717) is 11.0 Å². The lowest BCUT2D eigenvalue weighted by molar-refractivity contribution is 1.16. The van der Waals surface area contributed by atoms with Crippen molar-refractivity contribution in [2.24, 2.45) is 0 Å². The summed E-state index contributed by atoms with van der Waals surface area (Å²) in [4.78, 5) is 8.48. The Kier molecular flexibility index (Phi) is 3.21. The van der Waals surface area contributed by atoms with Crippen LogP contribution in [0.15, 0.2) is 30.5 Å². The van der Waals surface area contributed by atoms with Crippen molar-refractivity contribution in [2.75, 3.05) is 0 Å². The van der Waals surface area contributed by atoms with Crippen LogP contribution in [0.5, 0.6) is 0 Å². The topological polar surface area (TPSA) is 25.8 Å². The van der Waals surface area contributed by atoms with E-state index in [0.717, 1.165) is 9.13 Å². The summed E-state index contributed by atoms with van der Waals surface area (Å²) in [6, 6.07) is 8.04. The summed E-state index contributed by atoms with van der Waals surface area (Å²) in [6.45, 7) is 2.04. The second kappa shape index (κ2) is 4.45. The van der Waals surface area contributed by atoms with Crippen LogP contribution in [0.4, 0.5) is 0 Å². The van der Waals surface area contributed by atoms with Crippen molar-refractivity contribution < 1.29 is 0 Å². The summed E-state index contributed by atoms with van der Waals surface area (Å²) in [5.41, 5.74) is 2.18. The predicted octanol–water partition coefficient (Wildman–Crippen LogP) is 3.71. The molecule has 1 heterocycles. The van der Waals surface area contributed by atoms with Crippen LogP contribution in [-0.2, 0) is 0 Å². The number of aryl methyl sites for hydroxylation is 1. The number of hydrogen-bond donors (Lipinski definition) is 0. The van der Waals surface area contributed by atoms with Gasteiger partial charge in [-0.05, 0) is 35.6 Å². The van der Waals surface area contributed by atoms with Crippen molar-refractivity contribution in [1.29, 1.82) is 0 Å². The first-order valence-corrected chi connectivity index (χ1v) is 5.87. The minimum atomic E-state index is 0.502. The van der Waals surface area contributed by atoms with E-state index in [2.05, 4.69) is 32.6 Å². The number of hydrogen-bond acceptors (Lipinski definition) is 2. The van der Waals surface area contributed by atoms with Gasteiger partial charge in [-0.15, -0.1) is 0 Å². The number of halogens is 2. The molecule has 2 rings (SSSR count). The maximum absolute atomic E-state index is 5.94. The second-order valence-corrected chi connectivity index (χ2v) is 4.72. The molecule has 0 saturated carbocycles. The van der Waals surface area contributed by atoms with Crippen LogP contribution in [-0.4, -0.2) is 9.97 Å². The minimum Gasteiger partial charge on any atom is -0.235 e. The van der Waals surface area contributed by atoms with Crippen molar-refractivity contribution in [3.8, 4) is 11.4 Å². The van der Waals surface area contributed by atoms with E-state index in [4.69, 9.17) is 11.6 Å². The molecule has 0 N–H and O–H groups in total. The fraction of sp³-hybridized carbons (Fsp3) is 0.0909. The lowest BCUT2D eigenvalue weighted by Gasteiger charge is -2.02. The third-order valence-electron chi connectivity index (χ3n) is 1.98. The zero-order valence-electron chi connectivity index (χ0n) is 8.04. The Hall–Kier alpha value is -0.680. The maximum Gasteiger partial charge on any atom is 0.160 e. The normalized spacial score (nSPS) is 10.3. The molecule has 0 radical (unpaired) electrons. The van der Waals surface area contributed by atoms with Crippen LogP contribution in [0.1, 0.15) is 5.56 Å². The van der Waals surface area contributed by atoms with Gasteiger partial charge in [-0.1, -0.05) is 35.4 Å². The molecule has 0 fully saturated rings. The van der Waals surface area contributed by atoms with E-state index in [1.807, 2.05) is 31.2 Å². The molecule has 0 unspecified atom stereocenters. The molecule has 1 aromatic carbocycles. The average molecular weight is 331 g/mol. The van der Waals surface area contributed by atoms with Gasteiger partial charge in [0.2, 0.25) is 0 Å². The zero-order valence-corrected chi connectivity index (χ0v) is 11.0. The standard InChI is InChI=1S/C11H8ClIN2/c1-7-3-2-4-8(5-7)11-14-6-9(13)10(12)15-11/h2-6H,1H3. The van der Waals surface area contributed by atoms with Gasteiger partial charge in [0.1, 0.15) is 5.15 Å². The number of nitrogens with zero attached hydrogens (tertiary/aromatic N) is 2. The summed E-state index contributed by atoms with van der Waals surface area (Å²) >= 11 is 8.06. The van der Waals surface area contributed by atoms with Crippen molar-refractivity contribution in [3.63, 3.8) is 0 Å². The van der Waals surface area contributed by atoms with Gasteiger partial charge < -0.3 is 0 Å². The highest BCUT2D eigenvalue weighted by atomic mass is 127. The molecule has 0 amide bonds. The van der Waals surface area contributed by atoms with Crippen LogP contribution < -0.4 is 0 Å². The van der Waals surface area contributed by atoms with Gasteiger partial charge >= 0.3 is 0 Å². The molecule has 0 atom stereocenters. The Balaban J connectivity index is 2.50. The number of rotatable bonds is 1. The summed E-state index contributed by atoms with van der Waals surface area (Å²) in [5, 5.41) is 0.502. The van der Waals surface area contributed by atoms with Gasteiger partial charge in [0.15, 0.2) is 5.82 Å². The summed E-state index contributed by atoms with van der Waals surface area (Å²) in [6.07, 6.45) is 1.73. The first-order chi connectivity index (χ1) is 7.16. The van der Waals surface area contributed by atoms with Crippen LogP contribution in [0.25, 0.3) is 11.4 Å². The van der Waals surface area contributed by atoms with Crippen molar-refractivity contribution in [2.45, 2.75) is 6.92 Å². The molecule has 0 spiro atoms. The molecule has 15 heavy (non-hydrogen) atoms. The first-order valence-electron chi connectivity index (χ1n) is 4.42. The van der Waals surface area contributed by atoms with Crippen LogP contribution >= 0.6 is 34.2 Å². The lowest BCUT2D eigenvalue weighted by Crippen LogP contribution is -1.91. The Morgan fingerprint density at radius 3 is 2.80 bits per heavy atom. The monoisotopic (exact) mass is 330 g/mol. The molecular weight excluding hydrogens is 322 g/mol. The van der Waals surface area contributed by atoms with Crippen LogP contribution in [0, 0.1) is 10.5 Å². The molecular formula is C11H8ClIN2.